The van der Waals surface area contributed by atoms with Gasteiger partial charge in [-0.1, -0.05) is 18.2 Å². The van der Waals surface area contributed by atoms with Crippen molar-refractivity contribution in [3.63, 3.8) is 0 Å². The van der Waals surface area contributed by atoms with E-state index in [1.54, 1.807) is 0 Å². The van der Waals surface area contributed by atoms with Gasteiger partial charge in [-0.2, -0.15) is 0 Å². The number of hydrogen-bond acceptors (Lipinski definition) is 3. The van der Waals surface area contributed by atoms with Crippen LogP contribution in [0.5, 0.6) is 0 Å². The van der Waals surface area contributed by atoms with Crippen LogP contribution in [0.2, 0.25) is 0 Å². The zero-order chi connectivity index (χ0) is 14.8. The van der Waals surface area contributed by atoms with Gasteiger partial charge in [0.1, 0.15) is 6.04 Å². The predicted octanol–water partition coefficient (Wildman–Crippen LogP) is 1.78. The van der Waals surface area contributed by atoms with Gasteiger partial charge in [0.15, 0.2) is 0 Å². The summed E-state index contributed by atoms with van der Waals surface area (Å²) in [7, 11) is 0. The minimum atomic E-state index is -0.129. The average molecular weight is 287 g/mol. The van der Waals surface area contributed by atoms with E-state index in [1.165, 1.54) is 17.7 Å². The van der Waals surface area contributed by atoms with Crippen LogP contribution in [0, 0.1) is 0 Å². The van der Waals surface area contributed by atoms with Crippen molar-refractivity contribution in [3.8, 4) is 0 Å². The summed E-state index contributed by atoms with van der Waals surface area (Å²) in [4.78, 5) is 17.0. The van der Waals surface area contributed by atoms with Gasteiger partial charge in [0, 0.05) is 31.4 Å². The maximum atomic E-state index is 12.8. The van der Waals surface area contributed by atoms with E-state index in [-0.39, 0.29) is 18.0 Å². The summed E-state index contributed by atoms with van der Waals surface area (Å²) in [6.45, 7) is 4.60. The van der Waals surface area contributed by atoms with Crippen LogP contribution in [0.1, 0.15) is 31.7 Å². The molecule has 1 saturated heterocycles. The zero-order valence-electron chi connectivity index (χ0n) is 12.8. The first-order chi connectivity index (χ1) is 10.2. The summed E-state index contributed by atoms with van der Waals surface area (Å²) >= 11 is 0. The van der Waals surface area contributed by atoms with Gasteiger partial charge in [-0.05, 0) is 44.2 Å². The Labute approximate surface area is 126 Å². The molecule has 0 spiro atoms. The van der Waals surface area contributed by atoms with Crippen molar-refractivity contribution in [2.24, 2.45) is 5.73 Å². The first-order valence-electron chi connectivity index (χ1n) is 8.05. The van der Waals surface area contributed by atoms with Gasteiger partial charge in [-0.3, -0.25) is 4.79 Å². The number of amides is 1. The summed E-state index contributed by atoms with van der Waals surface area (Å²) in [5, 5.41) is 0. The molecule has 3 rings (SSSR count). The van der Waals surface area contributed by atoms with Crippen molar-refractivity contribution in [3.05, 3.63) is 29.8 Å². The number of piperidine rings is 1. The molecule has 1 fully saturated rings. The lowest BCUT2D eigenvalue weighted by Crippen LogP contribution is -2.54. The van der Waals surface area contributed by atoms with E-state index < -0.39 is 0 Å². The van der Waals surface area contributed by atoms with E-state index in [0.29, 0.717) is 0 Å². The molecule has 2 N–H and O–H groups in total. The molecular formula is C17H25N3O. The number of nitrogens with two attached hydrogens (primary N) is 1. The van der Waals surface area contributed by atoms with E-state index in [1.807, 2.05) is 24.0 Å². The van der Waals surface area contributed by atoms with Crippen LogP contribution in [-0.4, -0.2) is 42.5 Å². The Balaban J connectivity index is 1.80. The standard InChI is InChI=1S/C17H25N3O/c1-13(17(21)19-9-5-2-6-10-19)20-12-15(18)11-14-7-3-4-8-16(14)20/h3-4,7-8,13,15H,2,5-6,9-12,18H2,1H3. The van der Waals surface area contributed by atoms with Crippen molar-refractivity contribution in [1.29, 1.82) is 0 Å². The number of anilines is 1. The summed E-state index contributed by atoms with van der Waals surface area (Å²) in [6.07, 6.45) is 4.41. The van der Waals surface area contributed by atoms with Gasteiger partial charge in [0.25, 0.3) is 0 Å². The molecule has 1 amide bonds. The number of rotatable bonds is 2. The lowest BCUT2D eigenvalue weighted by molar-refractivity contribution is -0.133. The summed E-state index contributed by atoms with van der Waals surface area (Å²) < 4.78 is 0. The van der Waals surface area contributed by atoms with Crippen LogP contribution >= 0.6 is 0 Å². The first kappa shape index (κ1) is 14.4. The SMILES string of the molecule is CC(C(=O)N1CCCCC1)N1CC(N)Cc2ccccc21. The third-order valence-electron chi connectivity index (χ3n) is 4.71. The van der Waals surface area contributed by atoms with Crippen molar-refractivity contribution < 1.29 is 4.79 Å². The highest BCUT2D eigenvalue weighted by Crippen LogP contribution is 2.28. The van der Waals surface area contributed by atoms with Gasteiger partial charge < -0.3 is 15.5 Å². The van der Waals surface area contributed by atoms with Crippen LogP contribution in [0.15, 0.2) is 24.3 Å². The van der Waals surface area contributed by atoms with Crippen molar-refractivity contribution in [2.75, 3.05) is 24.5 Å². The number of hydrogen-bond donors (Lipinski definition) is 1. The van der Waals surface area contributed by atoms with E-state index in [9.17, 15) is 4.79 Å². The zero-order valence-corrected chi connectivity index (χ0v) is 12.8. The Morgan fingerprint density at radius 1 is 1.24 bits per heavy atom. The van der Waals surface area contributed by atoms with Crippen LogP contribution in [0.4, 0.5) is 5.69 Å². The number of para-hydroxylation sites is 1. The van der Waals surface area contributed by atoms with Crippen LogP contribution < -0.4 is 10.6 Å². The lowest BCUT2D eigenvalue weighted by Gasteiger charge is -2.40. The molecule has 1 aromatic rings. The molecule has 21 heavy (non-hydrogen) atoms. The summed E-state index contributed by atoms with van der Waals surface area (Å²) in [5.74, 6) is 0.249. The highest BCUT2D eigenvalue weighted by molar-refractivity contribution is 5.85. The molecule has 2 aliphatic heterocycles. The molecule has 0 aromatic heterocycles. The third kappa shape index (κ3) is 2.91. The molecule has 114 valence electrons. The fraction of sp³-hybridized carbons (Fsp3) is 0.588. The molecule has 0 bridgehead atoms. The van der Waals surface area contributed by atoms with Crippen molar-refractivity contribution in [2.45, 2.75) is 44.7 Å². The second-order valence-corrected chi connectivity index (χ2v) is 6.31. The number of benzene rings is 1. The normalized spacial score (nSPS) is 23.6. The fourth-order valence-electron chi connectivity index (χ4n) is 3.54. The fourth-order valence-corrected chi connectivity index (χ4v) is 3.54. The Hall–Kier alpha value is -1.55. The Kier molecular flexibility index (Phi) is 4.15. The average Bonchev–Trinajstić information content (AvgIpc) is 2.53. The number of carbonyl (C=O) groups excluding carboxylic acids is 1. The summed E-state index contributed by atoms with van der Waals surface area (Å²) in [6, 6.07) is 8.31. The molecule has 2 aliphatic rings. The van der Waals surface area contributed by atoms with Gasteiger partial charge in [-0.25, -0.2) is 0 Å². The monoisotopic (exact) mass is 287 g/mol. The topological polar surface area (TPSA) is 49.6 Å². The van der Waals surface area contributed by atoms with Gasteiger partial charge in [0.05, 0.1) is 0 Å². The number of nitrogens with zero attached hydrogens (tertiary/aromatic N) is 2. The minimum absolute atomic E-state index is 0.108. The van der Waals surface area contributed by atoms with Gasteiger partial charge in [-0.15, -0.1) is 0 Å². The van der Waals surface area contributed by atoms with Gasteiger partial charge in [0.2, 0.25) is 5.91 Å². The highest BCUT2D eigenvalue weighted by atomic mass is 16.2. The molecule has 2 unspecified atom stereocenters. The van der Waals surface area contributed by atoms with E-state index in [0.717, 1.165) is 38.9 Å². The first-order valence-corrected chi connectivity index (χ1v) is 8.05. The van der Waals surface area contributed by atoms with Crippen LogP contribution in [-0.2, 0) is 11.2 Å². The molecular weight excluding hydrogens is 262 g/mol. The molecule has 0 aliphatic carbocycles. The second-order valence-electron chi connectivity index (χ2n) is 6.31. The third-order valence-corrected chi connectivity index (χ3v) is 4.71. The molecule has 2 heterocycles. The smallest absolute Gasteiger partial charge is 0.244 e. The van der Waals surface area contributed by atoms with Crippen LogP contribution in [0.25, 0.3) is 0 Å². The van der Waals surface area contributed by atoms with Crippen LogP contribution in [0.3, 0.4) is 0 Å². The van der Waals surface area contributed by atoms with Crippen molar-refractivity contribution in [1.82, 2.24) is 4.90 Å². The van der Waals surface area contributed by atoms with E-state index >= 15 is 0 Å². The molecule has 1 aromatic carbocycles. The molecule has 0 radical (unpaired) electrons. The largest absolute Gasteiger partial charge is 0.358 e. The number of likely N-dealkylation sites (tertiary alicyclic amines) is 1. The van der Waals surface area contributed by atoms with Gasteiger partial charge >= 0.3 is 0 Å². The Bertz CT molecular complexity index is 511. The quantitative estimate of drug-likeness (QED) is 0.902. The minimum Gasteiger partial charge on any atom is -0.358 e. The maximum absolute atomic E-state index is 12.8. The lowest BCUT2D eigenvalue weighted by atomic mass is 9.96. The summed E-state index contributed by atoms with van der Waals surface area (Å²) in [5.41, 5.74) is 8.63. The Morgan fingerprint density at radius 2 is 1.95 bits per heavy atom. The Morgan fingerprint density at radius 3 is 2.71 bits per heavy atom. The highest BCUT2D eigenvalue weighted by Gasteiger charge is 2.31. The molecule has 0 saturated carbocycles. The molecule has 4 nitrogen and oxygen atoms in total. The number of carbonyl (C=O) groups is 1. The molecule has 2 atom stereocenters. The molecule has 4 heteroatoms. The number of fused-ring (bicyclic) bond motifs is 1. The van der Waals surface area contributed by atoms with E-state index in [4.69, 9.17) is 5.73 Å². The van der Waals surface area contributed by atoms with Crippen molar-refractivity contribution >= 4 is 11.6 Å². The second kappa shape index (κ2) is 6.06. The predicted molar refractivity (Wildman–Crippen MR) is 85.4 cm³/mol. The van der Waals surface area contributed by atoms with E-state index in [2.05, 4.69) is 17.0 Å². The maximum Gasteiger partial charge on any atom is 0.244 e.